The molecule has 0 atom stereocenters. The third-order valence-electron chi connectivity index (χ3n) is 3.88. The van der Waals surface area contributed by atoms with Crippen molar-refractivity contribution in [1.29, 1.82) is 0 Å². The first-order valence-electron chi connectivity index (χ1n) is 7.23. The van der Waals surface area contributed by atoms with Crippen molar-refractivity contribution in [1.82, 2.24) is 4.98 Å². The molecule has 4 heteroatoms. The second-order valence-corrected chi connectivity index (χ2v) is 6.10. The van der Waals surface area contributed by atoms with Crippen LogP contribution in [0, 0.1) is 0 Å². The number of hydrogen-bond donors (Lipinski definition) is 0. The molecule has 23 heavy (non-hydrogen) atoms. The molecule has 0 amide bonds. The third-order valence-corrected chi connectivity index (χ3v) is 4.76. The van der Waals surface area contributed by atoms with Gasteiger partial charge in [-0.2, -0.15) is 0 Å². The van der Waals surface area contributed by atoms with E-state index in [1.807, 2.05) is 48.5 Å². The van der Waals surface area contributed by atoms with Crippen molar-refractivity contribution in [3.05, 3.63) is 76.8 Å². The summed E-state index contributed by atoms with van der Waals surface area (Å²) in [5, 5.41) is 2.91. The van der Waals surface area contributed by atoms with Crippen LogP contribution in [0.5, 0.6) is 0 Å². The SMILES string of the molecule is O=c1oc2cc(CI)ccc2cc1-c1nccc2ccccc12. The van der Waals surface area contributed by atoms with E-state index in [9.17, 15) is 4.79 Å². The summed E-state index contributed by atoms with van der Waals surface area (Å²) in [5.74, 6) is 0. The van der Waals surface area contributed by atoms with Gasteiger partial charge in [-0.3, -0.25) is 4.98 Å². The molecule has 0 aliphatic heterocycles. The standard InChI is InChI=1S/C19H12INO2/c20-11-12-5-6-14-10-16(19(22)23-17(14)9-12)18-15-4-2-1-3-13(15)7-8-21-18/h1-10H,11H2. The summed E-state index contributed by atoms with van der Waals surface area (Å²) in [7, 11) is 0. The van der Waals surface area contributed by atoms with Gasteiger partial charge in [0.25, 0.3) is 0 Å². The van der Waals surface area contributed by atoms with Gasteiger partial charge in [-0.15, -0.1) is 0 Å². The molecule has 0 radical (unpaired) electrons. The van der Waals surface area contributed by atoms with Crippen LogP contribution < -0.4 is 5.63 Å². The fourth-order valence-corrected chi connectivity index (χ4v) is 3.21. The van der Waals surface area contributed by atoms with Crippen LogP contribution in [-0.2, 0) is 4.43 Å². The van der Waals surface area contributed by atoms with Gasteiger partial charge in [-0.05, 0) is 29.1 Å². The maximum absolute atomic E-state index is 12.5. The number of benzene rings is 2. The molecule has 3 nitrogen and oxygen atoms in total. The summed E-state index contributed by atoms with van der Waals surface area (Å²) in [6, 6.07) is 17.7. The quantitative estimate of drug-likeness (QED) is 0.266. The van der Waals surface area contributed by atoms with Crippen molar-refractivity contribution in [3.63, 3.8) is 0 Å². The number of pyridine rings is 1. The average molecular weight is 413 g/mol. The van der Waals surface area contributed by atoms with E-state index in [2.05, 4.69) is 33.6 Å². The van der Waals surface area contributed by atoms with Gasteiger partial charge in [0.2, 0.25) is 0 Å². The number of hydrogen-bond acceptors (Lipinski definition) is 3. The zero-order valence-electron chi connectivity index (χ0n) is 12.1. The number of rotatable bonds is 2. The summed E-state index contributed by atoms with van der Waals surface area (Å²) in [6.07, 6.45) is 1.72. The van der Waals surface area contributed by atoms with Crippen molar-refractivity contribution in [2.24, 2.45) is 0 Å². The Morgan fingerprint density at radius 1 is 1.00 bits per heavy atom. The van der Waals surface area contributed by atoms with E-state index in [1.54, 1.807) is 6.20 Å². The van der Waals surface area contributed by atoms with E-state index in [0.29, 0.717) is 16.8 Å². The van der Waals surface area contributed by atoms with Crippen LogP contribution in [0.3, 0.4) is 0 Å². The molecule has 4 aromatic rings. The highest BCUT2D eigenvalue weighted by atomic mass is 127. The first-order valence-corrected chi connectivity index (χ1v) is 8.76. The van der Waals surface area contributed by atoms with Crippen LogP contribution in [0.2, 0.25) is 0 Å². The van der Waals surface area contributed by atoms with Gasteiger partial charge in [0.05, 0.1) is 11.3 Å². The molecule has 0 unspecified atom stereocenters. The Kier molecular flexibility index (Phi) is 3.61. The topological polar surface area (TPSA) is 43.1 Å². The molecule has 0 aliphatic rings. The van der Waals surface area contributed by atoms with Crippen LogP contribution >= 0.6 is 22.6 Å². The second-order valence-electron chi connectivity index (χ2n) is 5.33. The van der Waals surface area contributed by atoms with Crippen LogP contribution in [0.25, 0.3) is 33.0 Å². The molecule has 2 heterocycles. The molecule has 112 valence electrons. The Labute approximate surface area is 146 Å². The minimum Gasteiger partial charge on any atom is -0.422 e. The van der Waals surface area contributed by atoms with Gasteiger partial charge >= 0.3 is 5.63 Å². The summed E-state index contributed by atoms with van der Waals surface area (Å²) in [4.78, 5) is 16.9. The van der Waals surface area contributed by atoms with Gasteiger partial charge in [-0.25, -0.2) is 4.79 Å². The molecule has 0 N–H and O–H groups in total. The fourth-order valence-electron chi connectivity index (χ4n) is 2.74. The minimum absolute atomic E-state index is 0.355. The Morgan fingerprint density at radius 2 is 1.87 bits per heavy atom. The maximum atomic E-state index is 12.5. The van der Waals surface area contributed by atoms with Crippen molar-refractivity contribution in [2.75, 3.05) is 0 Å². The lowest BCUT2D eigenvalue weighted by Crippen LogP contribution is -2.04. The first kappa shape index (κ1) is 14.4. The lowest BCUT2D eigenvalue weighted by Gasteiger charge is -2.06. The normalized spacial score (nSPS) is 11.2. The summed E-state index contributed by atoms with van der Waals surface area (Å²) >= 11 is 2.29. The number of aromatic nitrogens is 1. The van der Waals surface area contributed by atoms with E-state index in [4.69, 9.17) is 4.42 Å². The summed E-state index contributed by atoms with van der Waals surface area (Å²) in [5.41, 5.74) is 2.56. The van der Waals surface area contributed by atoms with Gasteiger partial charge in [0, 0.05) is 21.4 Å². The molecule has 0 saturated carbocycles. The number of halogens is 1. The molecule has 4 rings (SSSR count). The highest BCUT2D eigenvalue weighted by Crippen LogP contribution is 2.27. The van der Waals surface area contributed by atoms with E-state index < -0.39 is 0 Å². The lowest BCUT2D eigenvalue weighted by atomic mass is 10.0. The highest BCUT2D eigenvalue weighted by Gasteiger charge is 2.12. The summed E-state index contributed by atoms with van der Waals surface area (Å²) < 4.78 is 6.42. The Bertz CT molecular complexity index is 1080. The van der Waals surface area contributed by atoms with Gasteiger partial charge < -0.3 is 4.42 Å². The Balaban J connectivity index is 2.01. The third kappa shape index (κ3) is 2.53. The fraction of sp³-hybridized carbons (Fsp3) is 0.0526. The molecule has 0 spiro atoms. The van der Waals surface area contributed by atoms with Gasteiger partial charge in [-0.1, -0.05) is 59.0 Å². The zero-order valence-corrected chi connectivity index (χ0v) is 14.3. The number of nitrogens with zero attached hydrogens (tertiary/aromatic N) is 1. The first-order chi connectivity index (χ1) is 11.3. The van der Waals surface area contributed by atoms with Crippen LogP contribution in [0.1, 0.15) is 5.56 Å². The lowest BCUT2D eigenvalue weighted by molar-refractivity contribution is 0.563. The predicted octanol–water partition coefficient (Wildman–Crippen LogP) is 4.94. The van der Waals surface area contributed by atoms with Crippen LogP contribution in [0.15, 0.2) is 70.0 Å². The van der Waals surface area contributed by atoms with Crippen molar-refractivity contribution in [2.45, 2.75) is 4.43 Å². The van der Waals surface area contributed by atoms with Crippen LogP contribution in [0.4, 0.5) is 0 Å². The second kappa shape index (κ2) is 5.77. The van der Waals surface area contributed by atoms with E-state index >= 15 is 0 Å². The predicted molar refractivity (Wildman–Crippen MR) is 101 cm³/mol. The van der Waals surface area contributed by atoms with Crippen molar-refractivity contribution >= 4 is 44.3 Å². The Hall–Kier alpha value is -2.21. The molecule has 0 aliphatic carbocycles. The average Bonchev–Trinajstić information content (AvgIpc) is 2.60. The summed E-state index contributed by atoms with van der Waals surface area (Å²) in [6.45, 7) is 0. The van der Waals surface area contributed by atoms with E-state index in [0.717, 1.165) is 26.1 Å². The Morgan fingerprint density at radius 3 is 2.74 bits per heavy atom. The largest absolute Gasteiger partial charge is 0.422 e. The molecule has 0 saturated heterocycles. The van der Waals surface area contributed by atoms with Crippen molar-refractivity contribution in [3.8, 4) is 11.3 Å². The number of alkyl halides is 1. The van der Waals surface area contributed by atoms with Crippen molar-refractivity contribution < 1.29 is 4.42 Å². The molecular formula is C19H12INO2. The molecule has 2 aromatic heterocycles. The van der Waals surface area contributed by atoms with Gasteiger partial charge in [0.15, 0.2) is 0 Å². The van der Waals surface area contributed by atoms with Gasteiger partial charge in [0.1, 0.15) is 5.58 Å². The monoisotopic (exact) mass is 413 g/mol. The smallest absolute Gasteiger partial charge is 0.345 e. The molecule has 0 bridgehead atoms. The molecular weight excluding hydrogens is 401 g/mol. The molecule has 0 fully saturated rings. The number of fused-ring (bicyclic) bond motifs is 2. The van der Waals surface area contributed by atoms with E-state index in [-0.39, 0.29) is 5.63 Å². The highest BCUT2D eigenvalue weighted by molar-refractivity contribution is 14.1. The zero-order chi connectivity index (χ0) is 15.8. The maximum Gasteiger partial charge on any atom is 0.345 e. The molecule has 2 aromatic carbocycles. The van der Waals surface area contributed by atoms with Crippen LogP contribution in [-0.4, -0.2) is 4.98 Å². The minimum atomic E-state index is -0.355. The van der Waals surface area contributed by atoms with E-state index in [1.165, 1.54) is 0 Å².